The zero-order chi connectivity index (χ0) is 15.0. The van der Waals surface area contributed by atoms with Gasteiger partial charge in [-0.05, 0) is 36.8 Å². The van der Waals surface area contributed by atoms with Gasteiger partial charge in [-0.2, -0.15) is 0 Å². The highest BCUT2D eigenvalue weighted by Gasteiger charge is 2.43. The number of phenolic OH excluding ortho intramolecular Hbond substituents is 1. The van der Waals surface area contributed by atoms with Crippen LogP contribution in [0.4, 0.5) is 14.5 Å². The summed E-state index contributed by atoms with van der Waals surface area (Å²) < 4.78 is 34.6. The van der Waals surface area contributed by atoms with Crippen LogP contribution in [0.1, 0.15) is 18.5 Å². The van der Waals surface area contributed by atoms with Crippen LogP contribution in [0.2, 0.25) is 0 Å². The minimum absolute atomic E-state index is 0.00638. The molecule has 0 aromatic heterocycles. The number of benzene rings is 2. The van der Waals surface area contributed by atoms with Crippen LogP contribution in [0.15, 0.2) is 42.5 Å². The Kier molecular flexibility index (Phi) is 3.08. The molecule has 0 aliphatic carbocycles. The van der Waals surface area contributed by atoms with Gasteiger partial charge in [0, 0.05) is 17.8 Å². The van der Waals surface area contributed by atoms with Crippen LogP contribution in [0.25, 0.3) is 0 Å². The molecule has 2 N–H and O–H groups in total. The lowest BCUT2D eigenvalue weighted by Gasteiger charge is -2.16. The second kappa shape index (κ2) is 4.80. The molecule has 1 aliphatic rings. The summed E-state index contributed by atoms with van der Waals surface area (Å²) in [6.45, 7) is 1.90. The van der Waals surface area contributed by atoms with E-state index in [0.717, 1.165) is 5.56 Å². The van der Waals surface area contributed by atoms with Crippen LogP contribution in [0.3, 0.4) is 0 Å². The van der Waals surface area contributed by atoms with Gasteiger partial charge in [0.05, 0.1) is 0 Å². The zero-order valence-corrected chi connectivity index (χ0v) is 11.1. The third-order valence-electron chi connectivity index (χ3n) is 3.15. The Balaban J connectivity index is 1.77. The number of halogens is 2. The van der Waals surface area contributed by atoms with Gasteiger partial charge in [0.2, 0.25) is 0 Å². The molecule has 0 saturated heterocycles. The molecule has 21 heavy (non-hydrogen) atoms. The van der Waals surface area contributed by atoms with E-state index in [1.54, 1.807) is 24.3 Å². The van der Waals surface area contributed by atoms with Crippen LogP contribution in [-0.4, -0.2) is 11.4 Å². The van der Waals surface area contributed by atoms with Crippen molar-refractivity contribution in [1.82, 2.24) is 0 Å². The summed E-state index contributed by atoms with van der Waals surface area (Å²) in [7, 11) is 0. The fraction of sp³-hybridized carbons (Fsp3) is 0.200. The van der Waals surface area contributed by atoms with E-state index in [1.165, 1.54) is 12.1 Å². The van der Waals surface area contributed by atoms with Gasteiger partial charge in [-0.1, -0.05) is 12.1 Å². The van der Waals surface area contributed by atoms with E-state index in [4.69, 9.17) is 0 Å². The molecule has 2 aromatic rings. The third kappa shape index (κ3) is 2.84. The summed E-state index contributed by atoms with van der Waals surface area (Å²) in [6.07, 6.45) is -3.61. The van der Waals surface area contributed by atoms with Gasteiger partial charge in [-0.25, -0.2) is 0 Å². The lowest BCUT2D eigenvalue weighted by Crippen LogP contribution is -2.25. The molecule has 0 radical (unpaired) electrons. The monoisotopic (exact) mass is 293 g/mol. The molecule has 4 nitrogen and oxygen atoms in total. The van der Waals surface area contributed by atoms with Gasteiger partial charge in [-0.15, -0.1) is 8.78 Å². The molecule has 0 spiro atoms. The van der Waals surface area contributed by atoms with Crippen molar-refractivity contribution in [3.63, 3.8) is 0 Å². The van der Waals surface area contributed by atoms with E-state index >= 15 is 0 Å². The van der Waals surface area contributed by atoms with Crippen molar-refractivity contribution in [3.8, 4) is 17.2 Å². The first kappa shape index (κ1) is 13.5. The number of anilines is 1. The average molecular weight is 293 g/mol. The van der Waals surface area contributed by atoms with Crippen molar-refractivity contribution in [2.24, 2.45) is 0 Å². The lowest BCUT2D eigenvalue weighted by atomic mass is 10.1. The molecule has 2 aromatic carbocycles. The number of hydrogen-bond acceptors (Lipinski definition) is 4. The molecule has 1 unspecified atom stereocenters. The number of fused-ring (bicyclic) bond motifs is 1. The number of phenols is 1. The normalized spacial score (nSPS) is 16.5. The fourth-order valence-corrected chi connectivity index (χ4v) is 2.17. The van der Waals surface area contributed by atoms with Gasteiger partial charge in [0.15, 0.2) is 11.5 Å². The highest BCUT2D eigenvalue weighted by molar-refractivity contribution is 5.56. The molecular weight excluding hydrogens is 280 g/mol. The summed E-state index contributed by atoms with van der Waals surface area (Å²) in [5, 5.41) is 12.6. The molecule has 0 bridgehead atoms. The molecule has 6 heteroatoms. The standard InChI is InChI=1S/C15H13F2NO3/c1-9(10-3-2-4-12(19)7-10)18-11-5-6-13-14(8-11)21-15(16,17)20-13/h2-9,18-19H,1H3. The number of nitrogens with one attached hydrogen (secondary N) is 1. The van der Waals surface area contributed by atoms with Crippen LogP contribution in [0, 0.1) is 0 Å². The number of rotatable bonds is 3. The fourth-order valence-electron chi connectivity index (χ4n) is 2.17. The first-order chi connectivity index (χ1) is 9.93. The largest absolute Gasteiger partial charge is 0.586 e. The maximum Gasteiger partial charge on any atom is 0.586 e. The molecule has 1 heterocycles. The Morgan fingerprint density at radius 2 is 1.86 bits per heavy atom. The van der Waals surface area contributed by atoms with Gasteiger partial charge < -0.3 is 19.9 Å². The Hall–Kier alpha value is -2.50. The quantitative estimate of drug-likeness (QED) is 0.901. The molecule has 0 saturated carbocycles. The van der Waals surface area contributed by atoms with Gasteiger partial charge in [-0.3, -0.25) is 0 Å². The molecular formula is C15H13F2NO3. The van der Waals surface area contributed by atoms with E-state index < -0.39 is 6.29 Å². The van der Waals surface area contributed by atoms with E-state index in [1.807, 2.05) is 13.0 Å². The van der Waals surface area contributed by atoms with E-state index in [2.05, 4.69) is 14.8 Å². The van der Waals surface area contributed by atoms with Gasteiger partial charge >= 0.3 is 6.29 Å². The summed E-state index contributed by atoms with van der Waals surface area (Å²) >= 11 is 0. The number of ether oxygens (including phenoxy) is 2. The number of alkyl halides is 2. The lowest BCUT2D eigenvalue weighted by molar-refractivity contribution is -0.286. The summed E-state index contributed by atoms with van der Waals surface area (Å²) in [5.74, 6) is 0.176. The van der Waals surface area contributed by atoms with E-state index in [9.17, 15) is 13.9 Å². The molecule has 0 fully saturated rings. The zero-order valence-electron chi connectivity index (χ0n) is 11.1. The van der Waals surface area contributed by atoms with Gasteiger partial charge in [0.1, 0.15) is 5.75 Å². The Morgan fingerprint density at radius 1 is 1.10 bits per heavy atom. The number of hydrogen-bond donors (Lipinski definition) is 2. The first-order valence-electron chi connectivity index (χ1n) is 6.38. The molecule has 3 rings (SSSR count). The van der Waals surface area contributed by atoms with Crippen LogP contribution in [-0.2, 0) is 0 Å². The Morgan fingerprint density at radius 3 is 2.62 bits per heavy atom. The maximum absolute atomic E-state index is 12.9. The topological polar surface area (TPSA) is 50.7 Å². The minimum Gasteiger partial charge on any atom is -0.508 e. The Bertz CT molecular complexity index is 676. The molecule has 1 atom stereocenters. The first-order valence-corrected chi connectivity index (χ1v) is 6.38. The van der Waals surface area contributed by atoms with Crippen LogP contribution in [0.5, 0.6) is 17.2 Å². The van der Waals surface area contributed by atoms with Crippen molar-refractivity contribution in [3.05, 3.63) is 48.0 Å². The highest BCUT2D eigenvalue weighted by atomic mass is 19.3. The highest BCUT2D eigenvalue weighted by Crippen LogP contribution is 2.42. The van der Waals surface area contributed by atoms with Crippen molar-refractivity contribution in [2.75, 3.05) is 5.32 Å². The van der Waals surface area contributed by atoms with Crippen molar-refractivity contribution >= 4 is 5.69 Å². The smallest absolute Gasteiger partial charge is 0.508 e. The van der Waals surface area contributed by atoms with Gasteiger partial charge in [0.25, 0.3) is 0 Å². The van der Waals surface area contributed by atoms with E-state index in [-0.39, 0.29) is 23.3 Å². The summed E-state index contributed by atoms with van der Waals surface area (Å²) in [4.78, 5) is 0. The van der Waals surface area contributed by atoms with Crippen molar-refractivity contribution in [1.29, 1.82) is 0 Å². The molecule has 110 valence electrons. The summed E-state index contributed by atoms with van der Waals surface area (Å²) in [6, 6.07) is 11.2. The molecule has 0 amide bonds. The minimum atomic E-state index is -3.61. The second-order valence-corrected chi connectivity index (χ2v) is 4.79. The number of aromatic hydroxyl groups is 1. The van der Waals surface area contributed by atoms with Crippen LogP contribution >= 0.6 is 0 Å². The molecule has 1 aliphatic heterocycles. The third-order valence-corrected chi connectivity index (χ3v) is 3.15. The summed E-state index contributed by atoms with van der Waals surface area (Å²) in [5.41, 5.74) is 1.49. The van der Waals surface area contributed by atoms with Crippen molar-refractivity contribution in [2.45, 2.75) is 19.3 Å². The predicted octanol–water partition coefficient (Wildman–Crippen LogP) is 3.89. The SMILES string of the molecule is CC(Nc1ccc2c(c1)OC(F)(F)O2)c1cccc(O)c1. The average Bonchev–Trinajstić information content (AvgIpc) is 2.72. The van der Waals surface area contributed by atoms with E-state index in [0.29, 0.717) is 5.69 Å². The Labute approximate surface area is 119 Å². The second-order valence-electron chi connectivity index (χ2n) is 4.79. The van der Waals surface area contributed by atoms with Crippen molar-refractivity contribution < 1.29 is 23.4 Å². The maximum atomic E-state index is 12.9. The predicted molar refractivity (Wildman–Crippen MR) is 72.8 cm³/mol. The van der Waals surface area contributed by atoms with Crippen LogP contribution < -0.4 is 14.8 Å².